The fourth-order valence-electron chi connectivity index (χ4n) is 2.71. The van der Waals surface area contributed by atoms with Gasteiger partial charge in [0, 0.05) is 0 Å². The van der Waals surface area contributed by atoms with Crippen LogP contribution in [0, 0.1) is 12.8 Å². The Bertz CT molecular complexity index is 941. The molecule has 31 heavy (non-hydrogen) atoms. The summed E-state index contributed by atoms with van der Waals surface area (Å²) in [5.74, 6) is 0.0685. The van der Waals surface area contributed by atoms with Crippen LogP contribution in [0.15, 0.2) is 50.4 Å². The lowest BCUT2D eigenvalue weighted by atomic mass is 10.0. The second-order valence-electron chi connectivity index (χ2n) is 7.37. The van der Waals surface area contributed by atoms with Gasteiger partial charge >= 0.3 is 0 Å². The lowest BCUT2D eigenvalue weighted by molar-refractivity contribution is -0.130. The summed E-state index contributed by atoms with van der Waals surface area (Å²) in [5, 5.41) is 16.4. The first-order valence-electron chi connectivity index (χ1n) is 9.66. The lowest BCUT2D eigenvalue weighted by Gasteiger charge is -2.19. The third kappa shape index (κ3) is 7.99. The molecule has 2 aromatic rings. The maximum atomic E-state index is 12.6. The van der Waals surface area contributed by atoms with Crippen molar-refractivity contribution in [3.63, 3.8) is 0 Å². The molecule has 0 radical (unpaired) electrons. The van der Waals surface area contributed by atoms with E-state index < -0.39 is 11.9 Å². The largest absolute Gasteiger partial charge is 0.506 e. The van der Waals surface area contributed by atoms with Gasteiger partial charge in [-0.1, -0.05) is 32.0 Å². The monoisotopic (exact) mass is 553 g/mol. The van der Waals surface area contributed by atoms with E-state index in [4.69, 9.17) is 4.74 Å². The third-order valence-corrected chi connectivity index (χ3v) is 5.45. The number of halogens is 2. The molecule has 0 saturated heterocycles. The summed E-state index contributed by atoms with van der Waals surface area (Å²) in [6.07, 6.45) is 1.90. The van der Waals surface area contributed by atoms with Gasteiger partial charge in [-0.3, -0.25) is 9.59 Å². The molecule has 9 heteroatoms. The van der Waals surface area contributed by atoms with Gasteiger partial charge < -0.3 is 15.2 Å². The molecule has 0 aliphatic rings. The van der Waals surface area contributed by atoms with Crippen LogP contribution < -0.4 is 15.5 Å². The van der Waals surface area contributed by atoms with Crippen molar-refractivity contribution in [2.45, 2.75) is 33.2 Å². The van der Waals surface area contributed by atoms with Crippen molar-refractivity contribution in [3.8, 4) is 11.5 Å². The van der Waals surface area contributed by atoms with Gasteiger partial charge in [0.05, 0.1) is 15.2 Å². The Labute approximate surface area is 198 Å². The smallest absolute Gasteiger partial charge is 0.262 e. The zero-order chi connectivity index (χ0) is 23.0. The second-order valence-corrected chi connectivity index (χ2v) is 9.08. The molecule has 166 valence electrons. The van der Waals surface area contributed by atoms with Crippen molar-refractivity contribution < 1.29 is 19.4 Å². The summed E-state index contributed by atoms with van der Waals surface area (Å²) in [6, 6.07) is 9.97. The van der Waals surface area contributed by atoms with Crippen molar-refractivity contribution in [1.29, 1.82) is 0 Å². The van der Waals surface area contributed by atoms with E-state index in [0.29, 0.717) is 26.7 Å². The van der Waals surface area contributed by atoms with Gasteiger partial charge in [0.2, 0.25) is 0 Å². The fourth-order valence-corrected chi connectivity index (χ4v) is 3.93. The Hall–Kier alpha value is -2.39. The number of nitrogens with one attached hydrogen (secondary N) is 2. The van der Waals surface area contributed by atoms with Gasteiger partial charge in [0.15, 0.2) is 6.61 Å². The predicted octanol–water partition coefficient (Wildman–Crippen LogP) is 4.29. The Morgan fingerprint density at radius 2 is 1.84 bits per heavy atom. The summed E-state index contributed by atoms with van der Waals surface area (Å²) < 4.78 is 6.54. The van der Waals surface area contributed by atoms with Crippen molar-refractivity contribution in [2.75, 3.05) is 6.61 Å². The number of benzene rings is 2. The molecule has 0 saturated carbocycles. The number of ether oxygens (including phenoxy) is 1. The molecule has 0 aliphatic heterocycles. The number of aromatic hydroxyl groups is 1. The fraction of sp³-hybridized carbons (Fsp3) is 0.318. The van der Waals surface area contributed by atoms with Crippen LogP contribution in [0.5, 0.6) is 11.5 Å². The van der Waals surface area contributed by atoms with Crippen LogP contribution in [-0.2, 0) is 9.59 Å². The summed E-state index contributed by atoms with van der Waals surface area (Å²) in [6.45, 7) is 5.63. The van der Waals surface area contributed by atoms with Gasteiger partial charge in [-0.15, -0.1) is 0 Å². The maximum absolute atomic E-state index is 12.6. The number of phenols is 1. The van der Waals surface area contributed by atoms with Crippen LogP contribution in [0.1, 0.15) is 31.4 Å². The first-order chi connectivity index (χ1) is 14.7. The number of amides is 2. The van der Waals surface area contributed by atoms with E-state index in [-0.39, 0.29) is 24.2 Å². The Balaban J connectivity index is 1.96. The number of hydrogen-bond acceptors (Lipinski definition) is 5. The van der Waals surface area contributed by atoms with Gasteiger partial charge in [-0.05, 0) is 80.4 Å². The summed E-state index contributed by atoms with van der Waals surface area (Å²) in [7, 11) is 0. The van der Waals surface area contributed by atoms with Crippen molar-refractivity contribution in [3.05, 3.63) is 56.5 Å². The number of nitrogens with zero attached hydrogens (tertiary/aromatic N) is 1. The van der Waals surface area contributed by atoms with E-state index in [2.05, 4.69) is 47.7 Å². The van der Waals surface area contributed by atoms with Crippen molar-refractivity contribution in [2.24, 2.45) is 11.0 Å². The van der Waals surface area contributed by atoms with Crippen LogP contribution in [0.4, 0.5) is 0 Å². The number of carbonyl (C=O) groups is 2. The van der Waals surface area contributed by atoms with Gasteiger partial charge in [-0.25, -0.2) is 5.43 Å². The molecular formula is C22H25Br2N3O4. The number of carbonyl (C=O) groups excluding carboxylic acids is 2. The highest BCUT2D eigenvalue weighted by atomic mass is 79.9. The highest BCUT2D eigenvalue weighted by Crippen LogP contribution is 2.32. The minimum atomic E-state index is -0.747. The molecule has 0 heterocycles. The van der Waals surface area contributed by atoms with Gasteiger partial charge in [0.1, 0.15) is 17.5 Å². The van der Waals surface area contributed by atoms with E-state index >= 15 is 0 Å². The normalized spacial score (nSPS) is 12.1. The van der Waals surface area contributed by atoms with Crippen molar-refractivity contribution >= 4 is 49.9 Å². The average molecular weight is 555 g/mol. The molecule has 1 atom stereocenters. The van der Waals surface area contributed by atoms with Crippen molar-refractivity contribution in [1.82, 2.24) is 10.7 Å². The zero-order valence-electron chi connectivity index (χ0n) is 17.5. The predicted molar refractivity (Wildman–Crippen MR) is 127 cm³/mol. The topological polar surface area (TPSA) is 100 Å². The molecule has 2 aromatic carbocycles. The zero-order valence-corrected chi connectivity index (χ0v) is 20.7. The molecule has 2 rings (SSSR count). The molecule has 0 aliphatic carbocycles. The van der Waals surface area contributed by atoms with Crippen LogP contribution in [0.2, 0.25) is 0 Å². The van der Waals surface area contributed by atoms with Crippen LogP contribution >= 0.6 is 31.9 Å². The Kier molecular flexibility index (Phi) is 9.51. The molecule has 0 spiro atoms. The van der Waals surface area contributed by atoms with E-state index in [0.717, 1.165) is 5.56 Å². The first-order valence-corrected chi connectivity index (χ1v) is 11.2. The first kappa shape index (κ1) is 24.9. The molecule has 7 nitrogen and oxygen atoms in total. The third-order valence-electron chi connectivity index (χ3n) is 4.24. The number of para-hydroxylation sites is 1. The van der Waals surface area contributed by atoms with Gasteiger partial charge in [-0.2, -0.15) is 5.10 Å². The molecule has 0 aromatic heterocycles. The summed E-state index contributed by atoms with van der Waals surface area (Å²) in [4.78, 5) is 24.9. The average Bonchev–Trinajstić information content (AvgIpc) is 2.70. The van der Waals surface area contributed by atoms with Crippen LogP contribution in [0.3, 0.4) is 0 Å². The number of rotatable bonds is 9. The Morgan fingerprint density at radius 1 is 1.19 bits per heavy atom. The second kappa shape index (κ2) is 11.9. The highest BCUT2D eigenvalue weighted by Gasteiger charge is 2.22. The number of hydrazone groups is 1. The molecule has 0 bridgehead atoms. The van der Waals surface area contributed by atoms with Crippen LogP contribution in [0.25, 0.3) is 0 Å². The highest BCUT2D eigenvalue weighted by molar-refractivity contribution is 9.11. The standard InChI is InChI=1S/C22H25Br2N3O4/c1-13(2)8-18(26-20(28)12-31-19-7-5-4-6-14(19)3)22(30)27-25-11-15-9-16(23)21(29)17(24)10-15/h4-7,9-11,13,18,29H,8,12H2,1-3H3,(H,26,28)(H,27,30)/b25-11-/t18-/m1/s1. The number of hydrogen-bond donors (Lipinski definition) is 3. The van der Waals surface area contributed by atoms with Gasteiger partial charge in [0.25, 0.3) is 11.8 Å². The molecule has 0 unspecified atom stereocenters. The summed E-state index contributed by atoms with van der Waals surface area (Å²) in [5.41, 5.74) is 4.05. The maximum Gasteiger partial charge on any atom is 0.262 e. The lowest BCUT2D eigenvalue weighted by Crippen LogP contribution is -2.47. The number of aryl methyl sites for hydroxylation is 1. The van der Waals surface area contributed by atoms with E-state index in [1.807, 2.05) is 39.0 Å². The SMILES string of the molecule is Cc1ccccc1OCC(=O)N[C@H](CC(C)C)C(=O)N/N=C\c1cc(Br)c(O)c(Br)c1. The number of phenolic OH excluding ortho intramolecular Hbond substituents is 1. The minimum Gasteiger partial charge on any atom is -0.506 e. The van der Waals surface area contributed by atoms with E-state index in [1.54, 1.807) is 18.2 Å². The molecule has 0 fully saturated rings. The molecular weight excluding hydrogens is 530 g/mol. The van der Waals surface area contributed by atoms with Crippen LogP contribution in [-0.4, -0.2) is 35.8 Å². The summed E-state index contributed by atoms with van der Waals surface area (Å²) >= 11 is 6.49. The Morgan fingerprint density at radius 3 is 2.45 bits per heavy atom. The minimum absolute atomic E-state index is 0.0776. The van der Waals surface area contributed by atoms with E-state index in [9.17, 15) is 14.7 Å². The molecule has 3 N–H and O–H groups in total. The quantitative estimate of drug-likeness (QED) is 0.318. The molecule has 2 amide bonds. The van der Waals surface area contributed by atoms with E-state index in [1.165, 1.54) is 6.21 Å².